The predicted molar refractivity (Wildman–Crippen MR) is 60.9 cm³/mol. The molecule has 1 aromatic carbocycles. The lowest BCUT2D eigenvalue weighted by atomic mass is 10.1. The molecule has 0 fully saturated rings. The topological polar surface area (TPSA) is 118 Å². The Morgan fingerprint density at radius 3 is 2.89 bits per heavy atom. The lowest BCUT2D eigenvalue weighted by Gasteiger charge is -1.96. The number of aromatic amines is 1. The summed E-state index contributed by atoms with van der Waals surface area (Å²) < 4.78 is 5.10. The van der Waals surface area contributed by atoms with Gasteiger partial charge in [0.2, 0.25) is 0 Å². The molecule has 0 amide bonds. The SMILES string of the molecule is CCOc1nc2c(C(=O)O)cc([N+](=O)[O-])cc2[nH]1. The number of carboxylic acids is 1. The molecule has 0 saturated carbocycles. The van der Waals surface area contributed by atoms with Gasteiger partial charge in [-0.1, -0.05) is 0 Å². The molecular weight excluding hydrogens is 242 g/mol. The summed E-state index contributed by atoms with van der Waals surface area (Å²) in [5, 5.41) is 19.7. The molecular formula is C10H9N3O5. The fourth-order valence-electron chi connectivity index (χ4n) is 1.55. The molecule has 8 nitrogen and oxygen atoms in total. The van der Waals surface area contributed by atoms with Gasteiger partial charge in [0.15, 0.2) is 0 Å². The number of nitrogens with one attached hydrogen (secondary N) is 1. The Labute approximate surface area is 100 Å². The van der Waals surface area contributed by atoms with Gasteiger partial charge in [0, 0.05) is 12.1 Å². The number of nitro groups is 1. The minimum absolute atomic E-state index is 0.135. The van der Waals surface area contributed by atoms with E-state index in [2.05, 4.69) is 9.97 Å². The van der Waals surface area contributed by atoms with Gasteiger partial charge in [0.1, 0.15) is 5.52 Å². The first-order chi connectivity index (χ1) is 8.52. The van der Waals surface area contributed by atoms with Crippen molar-refractivity contribution in [2.45, 2.75) is 6.92 Å². The van der Waals surface area contributed by atoms with Gasteiger partial charge < -0.3 is 14.8 Å². The zero-order valence-electron chi connectivity index (χ0n) is 9.34. The molecule has 2 aromatic rings. The Balaban J connectivity index is 2.69. The van der Waals surface area contributed by atoms with Gasteiger partial charge >= 0.3 is 5.97 Å². The molecule has 94 valence electrons. The van der Waals surface area contributed by atoms with Gasteiger partial charge in [-0.05, 0) is 6.92 Å². The number of carboxylic acid groups (broad SMARTS) is 1. The van der Waals surface area contributed by atoms with E-state index in [1.54, 1.807) is 6.92 Å². The normalized spacial score (nSPS) is 10.5. The second kappa shape index (κ2) is 4.32. The van der Waals surface area contributed by atoms with Crippen molar-refractivity contribution >= 4 is 22.7 Å². The van der Waals surface area contributed by atoms with Crippen molar-refractivity contribution in [3.05, 3.63) is 27.8 Å². The number of rotatable bonds is 4. The minimum atomic E-state index is -1.28. The number of non-ortho nitro benzene ring substituents is 1. The number of ether oxygens (including phenoxy) is 1. The number of hydrogen-bond acceptors (Lipinski definition) is 5. The highest BCUT2D eigenvalue weighted by molar-refractivity contribution is 6.02. The van der Waals surface area contributed by atoms with Crippen molar-refractivity contribution < 1.29 is 19.6 Å². The number of nitrogens with zero attached hydrogens (tertiary/aromatic N) is 2. The second-order valence-corrected chi connectivity index (χ2v) is 3.43. The molecule has 8 heteroatoms. The van der Waals surface area contributed by atoms with E-state index in [0.717, 1.165) is 6.07 Å². The zero-order valence-corrected chi connectivity index (χ0v) is 9.34. The van der Waals surface area contributed by atoms with Crippen LogP contribution in [-0.2, 0) is 0 Å². The quantitative estimate of drug-likeness (QED) is 0.628. The first-order valence-electron chi connectivity index (χ1n) is 5.07. The Kier molecular flexibility index (Phi) is 2.84. The van der Waals surface area contributed by atoms with Gasteiger partial charge in [-0.2, -0.15) is 4.98 Å². The van der Waals surface area contributed by atoms with E-state index in [-0.39, 0.29) is 28.3 Å². The van der Waals surface area contributed by atoms with Crippen LogP contribution in [-0.4, -0.2) is 32.6 Å². The van der Waals surface area contributed by atoms with E-state index >= 15 is 0 Å². The number of imidazole rings is 1. The standard InChI is InChI=1S/C10H9N3O5/c1-2-18-10-11-7-4-5(13(16)17)3-6(9(14)15)8(7)12-10/h3-4H,2H2,1H3,(H,11,12)(H,14,15). The summed E-state index contributed by atoms with van der Waals surface area (Å²) in [4.78, 5) is 27.7. The summed E-state index contributed by atoms with van der Waals surface area (Å²) in [6, 6.07) is 2.33. The molecule has 0 radical (unpaired) electrons. The number of H-pyrrole nitrogens is 1. The van der Waals surface area contributed by atoms with Crippen molar-refractivity contribution in [3.8, 4) is 6.01 Å². The molecule has 1 aromatic heterocycles. The van der Waals surface area contributed by atoms with E-state index in [1.165, 1.54) is 6.07 Å². The number of benzene rings is 1. The van der Waals surface area contributed by atoms with Crippen LogP contribution in [0.15, 0.2) is 12.1 Å². The largest absolute Gasteiger partial charge is 0.478 e. The fraction of sp³-hybridized carbons (Fsp3) is 0.200. The fourth-order valence-corrected chi connectivity index (χ4v) is 1.55. The van der Waals surface area contributed by atoms with Crippen LogP contribution < -0.4 is 4.74 Å². The molecule has 0 aliphatic carbocycles. The molecule has 0 unspecified atom stereocenters. The van der Waals surface area contributed by atoms with Gasteiger partial charge in [-0.25, -0.2) is 4.79 Å². The van der Waals surface area contributed by atoms with Crippen LogP contribution in [0, 0.1) is 10.1 Å². The van der Waals surface area contributed by atoms with Crippen LogP contribution in [0.4, 0.5) is 5.69 Å². The van der Waals surface area contributed by atoms with Gasteiger partial charge in [-0.15, -0.1) is 0 Å². The van der Waals surface area contributed by atoms with Crippen molar-refractivity contribution in [2.24, 2.45) is 0 Å². The number of hydrogen-bond donors (Lipinski definition) is 2. The molecule has 1 heterocycles. The van der Waals surface area contributed by atoms with Crippen LogP contribution in [0.5, 0.6) is 6.01 Å². The third-order valence-corrected chi connectivity index (χ3v) is 2.27. The first kappa shape index (κ1) is 11.8. The van der Waals surface area contributed by atoms with Gasteiger partial charge in [-0.3, -0.25) is 10.1 Å². The van der Waals surface area contributed by atoms with E-state index in [9.17, 15) is 14.9 Å². The number of aromatic carboxylic acids is 1. The van der Waals surface area contributed by atoms with Gasteiger partial charge in [0.05, 0.1) is 22.6 Å². The van der Waals surface area contributed by atoms with Crippen LogP contribution >= 0.6 is 0 Å². The van der Waals surface area contributed by atoms with E-state index < -0.39 is 10.9 Å². The summed E-state index contributed by atoms with van der Waals surface area (Å²) in [6.45, 7) is 2.10. The summed E-state index contributed by atoms with van der Waals surface area (Å²) in [5.41, 5.74) is -0.158. The minimum Gasteiger partial charge on any atom is -0.478 e. The summed E-state index contributed by atoms with van der Waals surface area (Å²) >= 11 is 0. The molecule has 18 heavy (non-hydrogen) atoms. The van der Waals surface area contributed by atoms with Crippen molar-refractivity contribution in [1.82, 2.24) is 9.97 Å². The monoisotopic (exact) mass is 251 g/mol. The number of fused-ring (bicyclic) bond motifs is 1. The average Bonchev–Trinajstić information content (AvgIpc) is 2.69. The summed E-state index contributed by atoms with van der Waals surface area (Å²) in [7, 11) is 0. The van der Waals surface area contributed by atoms with E-state index in [0.29, 0.717) is 6.61 Å². The highest BCUT2D eigenvalue weighted by atomic mass is 16.6. The maximum atomic E-state index is 11.0. The number of aromatic nitrogens is 2. The smallest absolute Gasteiger partial charge is 0.338 e. The lowest BCUT2D eigenvalue weighted by Crippen LogP contribution is -1.99. The molecule has 0 atom stereocenters. The van der Waals surface area contributed by atoms with Crippen LogP contribution in [0.2, 0.25) is 0 Å². The Morgan fingerprint density at radius 1 is 1.61 bits per heavy atom. The third-order valence-electron chi connectivity index (χ3n) is 2.27. The Hall–Kier alpha value is -2.64. The third kappa shape index (κ3) is 1.95. The Morgan fingerprint density at radius 2 is 2.33 bits per heavy atom. The van der Waals surface area contributed by atoms with Gasteiger partial charge in [0.25, 0.3) is 11.7 Å². The average molecular weight is 251 g/mol. The molecule has 0 spiro atoms. The maximum Gasteiger partial charge on any atom is 0.338 e. The molecule has 0 aliphatic rings. The van der Waals surface area contributed by atoms with Crippen LogP contribution in [0.25, 0.3) is 11.0 Å². The highest BCUT2D eigenvalue weighted by Gasteiger charge is 2.19. The summed E-state index contributed by atoms with van der Waals surface area (Å²) in [6.07, 6.45) is 0. The van der Waals surface area contributed by atoms with E-state index in [4.69, 9.17) is 9.84 Å². The summed E-state index contributed by atoms with van der Waals surface area (Å²) in [5.74, 6) is -1.28. The molecule has 0 saturated heterocycles. The predicted octanol–water partition coefficient (Wildman–Crippen LogP) is 1.57. The second-order valence-electron chi connectivity index (χ2n) is 3.43. The van der Waals surface area contributed by atoms with Crippen LogP contribution in [0.3, 0.4) is 0 Å². The van der Waals surface area contributed by atoms with Crippen molar-refractivity contribution in [3.63, 3.8) is 0 Å². The first-order valence-corrected chi connectivity index (χ1v) is 5.07. The van der Waals surface area contributed by atoms with E-state index in [1.807, 2.05) is 0 Å². The van der Waals surface area contributed by atoms with Crippen molar-refractivity contribution in [1.29, 1.82) is 0 Å². The lowest BCUT2D eigenvalue weighted by molar-refractivity contribution is -0.384. The number of carbonyl (C=O) groups is 1. The number of nitro benzene ring substituents is 1. The van der Waals surface area contributed by atoms with Crippen LogP contribution in [0.1, 0.15) is 17.3 Å². The van der Waals surface area contributed by atoms with Crippen molar-refractivity contribution in [2.75, 3.05) is 6.61 Å². The molecule has 2 N–H and O–H groups in total. The molecule has 0 bridgehead atoms. The Bertz CT molecular complexity index is 634. The maximum absolute atomic E-state index is 11.0. The highest BCUT2D eigenvalue weighted by Crippen LogP contribution is 2.25. The molecule has 0 aliphatic heterocycles. The molecule has 2 rings (SSSR count). The zero-order chi connectivity index (χ0) is 13.3.